The predicted molar refractivity (Wildman–Crippen MR) is 113 cm³/mol. The molecule has 6 heteroatoms. The number of urea groups is 1. The van der Waals surface area contributed by atoms with E-state index >= 15 is 0 Å². The molecule has 4 aliphatic rings. The van der Waals surface area contributed by atoms with Crippen LogP contribution in [0.5, 0.6) is 0 Å². The molecule has 0 aliphatic heterocycles. The number of hydrogen-bond donors (Lipinski definition) is 2. The molecule has 28 heavy (non-hydrogen) atoms. The standard InChI is InChI=1S/C22H30BrN3O2/c1-26(14-15-2-4-19(23)5-3-15)20(27)6-7-24-21(28)25-22-11-16-8-17(12-22)10-18(9-16)13-22/h2-5,16-18H,6-14H2,1H3,(H2,24,25,28). The molecule has 3 amide bonds. The molecule has 0 unspecified atom stereocenters. The van der Waals surface area contributed by atoms with E-state index in [1.807, 2.05) is 24.3 Å². The monoisotopic (exact) mass is 447 g/mol. The number of carbonyl (C=O) groups excluding carboxylic acids is 2. The van der Waals surface area contributed by atoms with Gasteiger partial charge in [-0.3, -0.25) is 4.79 Å². The lowest BCUT2D eigenvalue weighted by molar-refractivity contribution is -0.130. The molecular formula is C22H30BrN3O2. The smallest absolute Gasteiger partial charge is 0.315 e. The molecule has 4 bridgehead atoms. The minimum absolute atomic E-state index is 0.0151. The fourth-order valence-electron chi connectivity index (χ4n) is 5.97. The summed E-state index contributed by atoms with van der Waals surface area (Å²) in [5.41, 5.74) is 1.10. The minimum Gasteiger partial charge on any atom is -0.341 e. The molecule has 5 rings (SSSR count). The van der Waals surface area contributed by atoms with E-state index in [0.29, 0.717) is 19.5 Å². The molecule has 0 atom stereocenters. The van der Waals surface area contributed by atoms with Crippen LogP contribution in [0, 0.1) is 17.8 Å². The molecule has 1 aromatic carbocycles. The molecule has 5 nitrogen and oxygen atoms in total. The molecule has 0 radical (unpaired) electrons. The van der Waals surface area contributed by atoms with Gasteiger partial charge in [-0.2, -0.15) is 0 Å². The Balaban J connectivity index is 1.20. The van der Waals surface area contributed by atoms with Crippen LogP contribution in [0.25, 0.3) is 0 Å². The number of hydrogen-bond acceptors (Lipinski definition) is 2. The summed E-state index contributed by atoms with van der Waals surface area (Å²) in [5.74, 6) is 2.46. The quantitative estimate of drug-likeness (QED) is 0.690. The molecule has 4 saturated carbocycles. The molecule has 0 aromatic heterocycles. The highest BCUT2D eigenvalue weighted by atomic mass is 79.9. The SMILES string of the molecule is CN(Cc1ccc(Br)cc1)C(=O)CCNC(=O)NC12CC3CC(CC(C3)C1)C2. The molecule has 4 aliphatic carbocycles. The first kappa shape index (κ1) is 19.7. The Morgan fingerprint density at radius 3 is 2.21 bits per heavy atom. The van der Waals surface area contributed by atoms with Crippen LogP contribution in [0.4, 0.5) is 4.79 Å². The Morgan fingerprint density at radius 2 is 1.64 bits per heavy atom. The molecular weight excluding hydrogens is 418 g/mol. The Labute approximate surface area is 175 Å². The van der Waals surface area contributed by atoms with Crippen molar-refractivity contribution >= 4 is 27.9 Å². The summed E-state index contributed by atoms with van der Waals surface area (Å²) in [6.07, 6.45) is 7.83. The van der Waals surface area contributed by atoms with Gasteiger partial charge in [-0.05, 0) is 74.0 Å². The summed E-state index contributed by atoms with van der Waals surface area (Å²) in [7, 11) is 1.81. The van der Waals surface area contributed by atoms with E-state index in [0.717, 1.165) is 47.1 Å². The maximum absolute atomic E-state index is 12.5. The molecule has 1 aromatic rings. The first-order valence-corrected chi connectivity index (χ1v) is 11.2. The lowest BCUT2D eigenvalue weighted by Crippen LogP contribution is -2.61. The first-order chi connectivity index (χ1) is 13.4. The fourth-order valence-corrected chi connectivity index (χ4v) is 6.24. The highest BCUT2D eigenvalue weighted by Crippen LogP contribution is 2.55. The van der Waals surface area contributed by atoms with Gasteiger partial charge in [0.1, 0.15) is 0 Å². The Morgan fingerprint density at radius 1 is 1.07 bits per heavy atom. The van der Waals surface area contributed by atoms with Gasteiger partial charge in [-0.1, -0.05) is 28.1 Å². The lowest BCUT2D eigenvalue weighted by Gasteiger charge is -2.56. The van der Waals surface area contributed by atoms with Crippen LogP contribution in [-0.2, 0) is 11.3 Å². The highest BCUT2D eigenvalue weighted by Gasteiger charge is 2.51. The molecule has 0 spiro atoms. The van der Waals surface area contributed by atoms with E-state index in [1.165, 1.54) is 19.3 Å². The molecule has 0 saturated heterocycles. The maximum Gasteiger partial charge on any atom is 0.315 e. The average Bonchev–Trinajstić information content (AvgIpc) is 2.61. The van der Waals surface area contributed by atoms with Gasteiger partial charge >= 0.3 is 6.03 Å². The van der Waals surface area contributed by atoms with Gasteiger partial charge in [0.2, 0.25) is 5.91 Å². The average molecular weight is 448 g/mol. The number of amides is 3. The Hall–Kier alpha value is -1.56. The zero-order valence-electron chi connectivity index (χ0n) is 16.5. The second-order valence-corrected chi connectivity index (χ2v) is 10.1. The predicted octanol–water partition coefficient (Wildman–Crippen LogP) is 4.07. The van der Waals surface area contributed by atoms with Crippen molar-refractivity contribution in [2.45, 2.75) is 57.0 Å². The number of nitrogens with one attached hydrogen (secondary N) is 2. The van der Waals surface area contributed by atoms with E-state index in [1.54, 1.807) is 11.9 Å². The van der Waals surface area contributed by atoms with Crippen LogP contribution in [0.15, 0.2) is 28.7 Å². The van der Waals surface area contributed by atoms with Crippen molar-refractivity contribution in [3.8, 4) is 0 Å². The number of halogens is 1. The third kappa shape index (κ3) is 4.53. The van der Waals surface area contributed by atoms with Crippen molar-refractivity contribution in [1.29, 1.82) is 0 Å². The van der Waals surface area contributed by atoms with Crippen LogP contribution in [-0.4, -0.2) is 36.0 Å². The van der Waals surface area contributed by atoms with Crippen molar-refractivity contribution in [2.75, 3.05) is 13.6 Å². The summed E-state index contributed by atoms with van der Waals surface area (Å²) in [5, 5.41) is 6.20. The molecule has 2 N–H and O–H groups in total. The Kier molecular flexibility index (Phi) is 5.68. The van der Waals surface area contributed by atoms with Crippen LogP contribution in [0.1, 0.15) is 50.5 Å². The zero-order chi connectivity index (χ0) is 19.7. The number of benzene rings is 1. The third-order valence-corrected chi connectivity index (χ3v) is 7.33. The van der Waals surface area contributed by atoms with Gasteiger partial charge in [-0.25, -0.2) is 4.79 Å². The van der Waals surface area contributed by atoms with Gasteiger partial charge in [0.25, 0.3) is 0 Å². The first-order valence-electron chi connectivity index (χ1n) is 10.5. The van der Waals surface area contributed by atoms with E-state index in [2.05, 4.69) is 26.6 Å². The topological polar surface area (TPSA) is 61.4 Å². The van der Waals surface area contributed by atoms with Gasteiger partial charge in [0, 0.05) is 36.6 Å². The number of nitrogens with zero attached hydrogens (tertiary/aromatic N) is 1. The van der Waals surface area contributed by atoms with Crippen molar-refractivity contribution in [1.82, 2.24) is 15.5 Å². The minimum atomic E-state index is -0.106. The normalized spacial score (nSPS) is 30.1. The van der Waals surface area contributed by atoms with E-state index in [-0.39, 0.29) is 17.5 Å². The summed E-state index contributed by atoms with van der Waals surface area (Å²) < 4.78 is 1.03. The van der Waals surface area contributed by atoms with Gasteiger partial charge in [0.05, 0.1) is 0 Å². The lowest BCUT2D eigenvalue weighted by atomic mass is 9.53. The van der Waals surface area contributed by atoms with Crippen molar-refractivity contribution in [3.05, 3.63) is 34.3 Å². The van der Waals surface area contributed by atoms with Crippen molar-refractivity contribution in [3.63, 3.8) is 0 Å². The summed E-state index contributed by atoms with van der Waals surface area (Å²) in [6.45, 7) is 0.952. The maximum atomic E-state index is 12.5. The second kappa shape index (κ2) is 8.05. The summed E-state index contributed by atoms with van der Waals surface area (Å²) in [4.78, 5) is 26.5. The number of carbonyl (C=O) groups is 2. The van der Waals surface area contributed by atoms with E-state index < -0.39 is 0 Å². The van der Waals surface area contributed by atoms with Gasteiger partial charge in [-0.15, -0.1) is 0 Å². The zero-order valence-corrected chi connectivity index (χ0v) is 18.1. The van der Waals surface area contributed by atoms with E-state index in [9.17, 15) is 9.59 Å². The summed E-state index contributed by atoms with van der Waals surface area (Å²) >= 11 is 3.42. The molecule has 152 valence electrons. The number of rotatable bonds is 6. The largest absolute Gasteiger partial charge is 0.341 e. The third-order valence-electron chi connectivity index (χ3n) is 6.80. The molecule has 0 heterocycles. The van der Waals surface area contributed by atoms with Gasteiger partial charge < -0.3 is 15.5 Å². The highest BCUT2D eigenvalue weighted by molar-refractivity contribution is 9.10. The Bertz CT molecular complexity index is 699. The van der Waals surface area contributed by atoms with E-state index in [4.69, 9.17) is 0 Å². The molecule has 4 fully saturated rings. The van der Waals surface area contributed by atoms with Crippen molar-refractivity contribution in [2.24, 2.45) is 17.8 Å². The van der Waals surface area contributed by atoms with Gasteiger partial charge in [0.15, 0.2) is 0 Å². The van der Waals surface area contributed by atoms with Crippen molar-refractivity contribution < 1.29 is 9.59 Å². The fraction of sp³-hybridized carbons (Fsp3) is 0.636. The van der Waals surface area contributed by atoms with Crippen LogP contribution < -0.4 is 10.6 Å². The van der Waals surface area contributed by atoms with Crippen LogP contribution >= 0.6 is 15.9 Å². The van der Waals surface area contributed by atoms with Crippen LogP contribution in [0.3, 0.4) is 0 Å². The summed E-state index contributed by atoms with van der Waals surface area (Å²) in [6, 6.07) is 7.86. The second-order valence-electron chi connectivity index (χ2n) is 9.21. The van der Waals surface area contributed by atoms with Crippen LogP contribution in [0.2, 0.25) is 0 Å².